The van der Waals surface area contributed by atoms with Crippen molar-refractivity contribution in [2.45, 2.75) is 60.4 Å². The Morgan fingerprint density at radius 3 is 2.59 bits per heavy atom. The molecule has 0 saturated carbocycles. The van der Waals surface area contributed by atoms with E-state index in [0.29, 0.717) is 35.1 Å². The highest BCUT2D eigenvalue weighted by Gasteiger charge is 2.32. The second-order valence-electron chi connectivity index (χ2n) is 11.1. The first kappa shape index (κ1) is 23.7. The molecule has 4 aromatic heterocycles. The number of fused-ring (bicyclic) bond motifs is 5. The van der Waals surface area contributed by atoms with E-state index in [1.54, 1.807) is 40.7 Å². The second kappa shape index (κ2) is 8.44. The Kier molecular flexibility index (Phi) is 5.41. The summed E-state index contributed by atoms with van der Waals surface area (Å²) in [5.41, 5.74) is 5.53. The van der Waals surface area contributed by atoms with Crippen LogP contribution in [0, 0.1) is 35.3 Å². The van der Waals surface area contributed by atoms with E-state index < -0.39 is 0 Å². The highest BCUT2D eigenvalue weighted by atomic mass is 32.1. The molecule has 37 heavy (non-hydrogen) atoms. The minimum absolute atomic E-state index is 0.0787. The van der Waals surface area contributed by atoms with Crippen molar-refractivity contribution in [2.75, 3.05) is 0 Å². The molecule has 190 valence electrons. The van der Waals surface area contributed by atoms with Gasteiger partial charge in [0.2, 0.25) is 0 Å². The fraction of sp³-hybridized carbons (Fsp3) is 0.407. The van der Waals surface area contributed by atoms with Crippen LogP contribution in [0.2, 0.25) is 0 Å². The highest BCUT2D eigenvalue weighted by Crippen LogP contribution is 2.43. The summed E-state index contributed by atoms with van der Waals surface area (Å²) in [7, 11) is 0. The molecule has 5 aromatic rings. The van der Waals surface area contributed by atoms with Crippen LogP contribution in [0.25, 0.3) is 27.3 Å². The summed E-state index contributed by atoms with van der Waals surface area (Å²) >= 11 is 1.81. The Morgan fingerprint density at radius 2 is 1.92 bits per heavy atom. The van der Waals surface area contributed by atoms with Gasteiger partial charge in [0.1, 0.15) is 22.5 Å². The summed E-state index contributed by atoms with van der Waals surface area (Å²) in [6, 6.07) is 7.98. The van der Waals surface area contributed by atoms with E-state index in [0.717, 1.165) is 39.8 Å². The molecule has 0 radical (unpaired) electrons. The lowest BCUT2D eigenvalue weighted by atomic mass is 9.72. The van der Waals surface area contributed by atoms with Gasteiger partial charge in [0.25, 0.3) is 0 Å². The van der Waals surface area contributed by atoms with E-state index in [1.807, 2.05) is 24.3 Å². The first-order chi connectivity index (χ1) is 17.6. The number of hydrogen-bond acceptors (Lipinski definition) is 7. The fourth-order valence-electron chi connectivity index (χ4n) is 5.47. The minimum Gasteiger partial charge on any atom is -0.258 e. The third-order valence-corrected chi connectivity index (χ3v) is 8.84. The molecule has 1 aliphatic carbocycles. The summed E-state index contributed by atoms with van der Waals surface area (Å²) in [5.74, 6) is 1.34. The van der Waals surface area contributed by atoms with Gasteiger partial charge in [-0.15, -0.1) is 16.4 Å². The van der Waals surface area contributed by atoms with Gasteiger partial charge >= 0.3 is 5.69 Å². The van der Waals surface area contributed by atoms with Crippen molar-refractivity contribution in [3.05, 3.63) is 68.1 Å². The summed E-state index contributed by atoms with van der Waals surface area (Å²) in [6.45, 7) is 10.9. The molecule has 1 unspecified atom stereocenters. The lowest BCUT2D eigenvalue weighted by Crippen LogP contribution is -2.26. The molecule has 0 bridgehead atoms. The van der Waals surface area contributed by atoms with Gasteiger partial charge in [0.05, 0.1) is 16.9 Å². The molecule has 6 rings (SSSR count). The largest absolute Gasteiger partial charge is 0.312 e. The molecule has 0 amide bonds. The first-order valence-electron chi connectivity index (χ1n) is 12.5. The molecule has 0 aliphatic heterocycles. The van der Waals surface area contributed by atoms with Gasteiger partial charge < -0.3 is 0 Å². The number of nitro groups is 1. The molecule has 10 heteroatoms. The molecular formula is C27H29N7O2S. The van der Waals surface area contributed by atoms with Crippen LogP contribution >= 0.6 is 11.3 Å². The maximum atomic E-state index is 11.3. The first-order valence-corrected chi connectivity index (χ1v) is 13.3. The Morgan fingerprint density at radius 1 is 1.16 bits per heavy atom. The van der Waals surface area contributed by atoms with Gasteiger partial charge in [-0.2, -0.15) is 5.10 Å². The molecule has 0 N–H and O–H groups in total. The molecule has 0 saturated heterocycles. The van der Waals surface area contributed by atoms with Crippen LogP contribution in [0.5, 0.6) is 0 Å². The summed E-state index contributed by atoms with van der Waals surface area (Å²) in [4.78, 5) is 23.1. The van der Waals surface area contributed by atoms with E-state index in [1.165, 1.54) is 16.9 Å². The van der Waals surface area contributed by atoms with Crippen molar-refractivity contribution >= 4 is 32.9 Å². The van der Waals surface area contributed by atoms with Crippen LogP contribution in [-0.2, 0) is 19.4 Å². The van der Waals surface area contributed by atoms with Gasteiger partial charge in [-0.3, -0.25) is 14.8 Å². The number of hydrogen-bond donors (Lipinski definition) is 0. The maximum Gasteiger partial charge on any atom is 0.312 e. The smallest absolute Gasteiger partial charge is 0.258 e. The highest BCUT2D eigenvalue weighted by molar-refractivity contribution is 7.19. The van der Waals surface area contributed by atoms with Gasteiger partial charge in [0.15, 0.2) is 11.5 Å². The zero-order chi connectivity index (χ0) is 26.1. The molecule has 1 aromatic carbocycles. The third kappa shape index (κ3) is 3.99. The average Bonchev–Trinajstić information content (AvgIpc) is 3.51. The fourth-order valence-corrected chi connectivity index (χ4v) is 6.74. The number of aryl methyl sites for hydroxylation is 2. The molecule has 0 spiro atoms. The summed E-state index contributed by atoms with van der Waals surface area (Å²) in [5, 5.41) is 21.6. The van der Waals surface area contributed by atoms with Crippen molar-refractivity contribution in [3.63, 3.8) is 0 Å². The number of benzene rings is 1. The molecular weight excluding hydrogens is 486 g/mol. The Labute approximate surface area is 218 Å². The molecule has 1 atom stereocenters. The lowest BCUT2D eigenvalue weighted by Gasteiger charge is -2.33. The maximum absolute atomic E-state index is 11.3. The van der Waals surface area contributed by atoms with Gasteiger partial charge in [0, 0.05) is 10.4 Å². The second-order valence-corrected chi connectivity index (χ2v) is 12.2. The van der Waals surface area contributed by atoms with E-state index in [-0.39, 0.29) is 10.6 Å². The van der Waals surface area contributed by atoms with Crippen LogP contribution in [0.15, 0.2) is 30.6 Å². The van der Waals surface area contributed by atoms with Crippen LogP contribution in [-0.4, -0.2) is 34.3 Å². The predicted octanol–water partition coefficient (Wildman–Crippen LogP) is 5.93. The van der Waals surface area contributed by atoms with Crippen molar-refractivity contribution < 1.29 is 4.92 Å². The summed E-state index contributed by atoms with van der Waals surface area (Å²) < 4.78 is 3.47. The molecule has 9 nitrogen and oxygen atoms in total. The number of rotatable bonds is 4. The number of thiophene rings is 1. The quantitative estimate of drug-likeness (QED) is 0.217. The van der Waals surface area contributed by atoms with Gasteiger partial charge in [-0.25, -0.2) is 14.5 Å². The Bertz CT molecular complexity index is 1670. The Balaban J connectivity index is 1.31. The SMILES string of the molecule is Cc1nn(Cc2ccc(-c3nc4c5c6c(sc5ncn4n3)CC(C(C)(C)C)CC6)cc2)c(C)c1[N+](=O)[O-]. The van der Waals surface area contributed by atoms with E-state index >= 15 is 0 Å². The topological polar surface area (TPSA) is 104 Å². The number of aromatic nitrogens is 6. The van der Waals surface area contributed by atoms with E-state index in [4.69, 9.17) is 15.1 Å². The van der Waals surface area contributed by atoms with Crippen LogP contribution in [0.4, 0.5) is 5.69 Å². The van der Waals surface area contributed by atoms with E-state index in [9.17, 15) is 10.1 Å². The van der Waals surface area contributed by atoms with Crippen molar-refractivity contribution in [1.29, 1.82) is 0 Å². The minimum atomic E-state index is -0.369. The van der Waals surface area contributed by atoms with Crippen molar-refractivity contribution in [1.82, 2.24) is 29.4 Å². The van der Waals surface area contributed by atoms with Crippen molar-refractivity contribution in [3.8, 4) is 11.4 Å². The molecule has 4 heterocycles. The van der Waals surface area contributed by atoms with E-state index in [2.05, 4.69) is 25.9 Å². The number of nitrogens with zero attached hydrogens (tertiary/aromatic N) is 7. The average molecular weight is 516 g/mol. The van der Waals surface area contributed by atoms with Crippen molar-refractivity contribution in [2.24, 2.45) is 11.3 Å². The van der Waals surface area contributed by atoms with Crippen LogP contribution < -0.4 is 0 Å². The van der Waals surface area contributed by atoms with Gasteiger partial charge in [-0.05, 0) is 55.6 Å². The van der Waals surface area contributed by atoms with Crippen LogP contribution in [0.1, 0.15) is 54.6 Å². The third-order valence-electron chi connectivity index (χ3n) is 7.68. The normalized spacial score (nSPS) is 16.0. The Hall–Kier alpha value is -3.66. The predicted molar refractivity (Wildman–Crippen MR) is 144 cm³/mol. The molecule has 0 fully saturated rings. The van der Waals surface area contributed by atoms with Crippen LogP contribution in [0.3, 0.4) is 0 Å². The standard InChI is InChI=1S/C27H29N7O2S/c1-15-23(34(35)36)16(2)32(30-15)13-17-6-8-18(9-7-17)24-29-25-22-20-11-10-19(27(3,4)5)12-21(20)37-26(22)28-14-33(25)31-24/h6-9,14,19H,10-13H2,1-5H3. The zero-order valence-corrected chi connectivity index (χ0v) is 22.5. The monoisotopic (exact) mass is 515 g/mol. The molecule has 1 aliphatic rings. The van der Waals surface area contributed by atoms with Gasteiger partial charge in [-0.1, -0.05) is 45.0 Å². The summed E-state index contributed by atoms with van der Waals surface area (Å²) in [6.07, 6.45) is 5.11. The zero-order valence-electron chi connectivity index (χ0n) is 21.6. The lowest BCUT2D eigenvalue weighted by molar-refractivity contribution is -0.386.